The average molecular weight is 83.1 g/mol. The minimum atomic E-state index is 0.287. The Morgan fingerprint density at radius 2 is 2.67 bits per heavy atom. The van der Waals surface area contributed by atoms with E-state index < -0.39 is 0 Å². The van der Waals surface area contributed by atoms with Crippen molar-refractivity contribution in [3.8, 4) is 6.07 Å². The molecule has 1 aliphatic heterocycles. The Morgan fingerprint density at radius 3 is 2.83 bits per heavy atom. The summed E-state index contributed by atoms with van der Waals surface area (Å²) in [5.74, 6) is 0. The molecule has 2 nitrogen and oxygen atoms in total. The highest BCUT2D eigenvalue weighted by Gasteiger charge is 2.20. The lowest BCUT2D eigenvalue weighted by atomic mass is 10.4. The first-order valence-corrected chi connectivity index (χ1v) is 1.92. The zero-order valence-corrected chi connectivity index (χ0v) is 3.35. The van der Waals surface area contributed by atoms with Crippen LogP contribution in [0.2, 0.25) is 0 Å². The summed E-state index contributed by atoms with van der Waals surface area (Å²) in [7, 11) is 0. The van der Waals surface area contributed by atoms with Gasteiger partial charge in [-0.3, -0.25) is 0 Å². The van der Waals surface area contributed by atoms with Gasteiger partial charge in [0.2, 0.25) is 0 Å². The predicted octanol–water partition coefficient (Wildman–Crippen LogP) is 0.299. The van der Waals surface area contributed by atoms with E-state index in [1.807, 2.05) is 6.07 Å². The van der Waals surface area contributed by atoms with Crippen LogP contribution < -0.4 is 0 Å². The van der Waals surface area contributed by atoms with E-state index >= 15 is 0 Å². The summed E-state index contributed by atoms with van der Waals surface area (Å²) in [6, 6.07) is 2.00. The molecule has 1 saturated heterocycles. The van der Waals surface area contributed by atoms with E-state index in [0.29, 0.717) is 6.42 Å². The van der Waals surface area contributed by atoms with Crippen molar-refractivity contribution in [2.45, 2.75) is 12.5 Å². The Morgan fingerprint density at radius 1 is 2.00 bits per heavy atom. The van der Waals surface area contributed by atoms with Crippen LogP contribution in [0.25, 0.3) is 0 Å². The first-order valence-electron chi connectivity index (χ1n) is 1.92. The molecule has 32 valence electrons. The van der Waals surface area contributed by atoms with E-state index in [4.69, 9.17) is 10.00 Å². The van der Waals surface area contributed by atoms with Gasteiger partial charge >= 0.3 is 0 Å². The van der Waals surface area contributed by atoms with Crippen LogP contribution in [0, 0.1) is 11.3 Å². The fraction of sp³-hybridized carbons (Fsp3) is 0.750. The first kappa shape index (κ1) is 3.63. The Hall–Kier alpha value is -0.550. The number of epoxide rings is 1. The fourth-order valence-electron chi connectivity index (χ4n) is 0.288. The van der Waals surface area contributed by atoms with Gasteiger partial charge in [-0.05, 0) is 0 Å². The maximum atomic E-state index is 7.95. The molecule has 0 aliphatic carbocycles. The molecule has 0 aromatic carbocycles. The SMILES string of the molecule is N#CC[C@@H]1CO1. The smallest absolute Gasteiger partial charge is 0.0939 e. The van der Waals surface area contributed by atoms with E-state index in [1.54, 1.807) is 0 Å². The van der Waals surface area contributed by atoms with Crippen molar-refractivity contribution < 1.29 is 4.74 Å². The highest BCUT2D eigenvalue weighted by molar-refractivity contribution is 4.82. The number of hydrogen-bond acceptors (Lipinski definition) is 2. The van der Waals surface area contributed by atoms with E-state index in [9.17, 15) is 0 Å². The lowest BCUT2D eigenvalue weighted by molar-refractivity contribution is 0.412. The molecule has 0 radical (unpaired) electrons. The second-order valence-corrected chi connectivity index (χ2v) is 1.32. The second-order valence-electron chi connectivity index (χ2n) is 1.32. The van der Waals surface area contributed by atoms with Crippen LogP contribution in [-0.2, 0) is 4.74 Å². The Labute approximate surface area is 36.3 Å². The molecule has 1 aliphatic rings. The molecule has 0 saturated carbocycles. The molecule has 0 amide bonds. The van der Waals surface area contributed by atoms with Gasteiger partial charge in [0.25, 0.3) is 0 Å². The van der Waals surface area contributed by atoms with Gasteiger partial charge < -0.3 is 4.74 Å². The van der Waals surface area contributed by atoms with E-state index in [1.165, 1.54) is 0 Å². The second kappa shape index (κ2) is 1.27. The number of rotatable bonds is 1. The van der Waals surface area contributed by atoms with Crippen molar-refractivity contribution in [2.24, 2.45) is 0 Å². The predicted molar refractivity (Wildman–Crippen MR) is 20.0 cm³/mol. The summed E-state index contributed by atoms with van der Waals surface area (Å²) >= 11 is 0. The lowest BCUT2D eigenvalue weighted by Gasteiger charge is -1.67. The molecule has 0 N–H and O–H groups in total. The molecule has 1 fully saturated rings. The molecule has 1 atom stereocenters. The number of ether oxygens (including phenoxy) is 1. The van der Waals surface area contributed by atoms with Gasteiger partial charge in [-0.2, -0.15) is 5.26 Å². The molecule has 2 heteroatoms. The Bertz CT molecular complexity index is 80.0. The summed E-state index contributed by atoms with van der Waals surface area (Å²) in [6.45, 7) is 0.799. The molecular formula is C4H5NO. The molecule has 1 rings (SSSR count). The molecule has 0 spiro atoms. The van der Waals surface area contributed by atoms with Gasteiger partial charge in [-0.25, -0.2) is 0 Å². The van der Waals surface area contributed by atoms with Crippen LogP contribution >= 0.6 is 0 Å². The van der Waals surface area contributed by atoms with Crippen LogP contribution in [-0.4, -0.2) is 12.7 Å². The van der Waals surface area contributed by atoms with Crippen LogP contribution in [0.4, 0.5) is 0 Å². The first-order chi connectivity index (χ1) is 2.93. The minimum Gasteiger partial charge on any atom is -0.372 e. The average Bonchev–Trinajstić information content (AvgIpc) is 2.21. The topological polar surface area (TPSA) is 36.3 Å². The van der Waals surface area contributed by atoms with Gasteiger partial charge in [0.05, 0.1) is 25.2 Å². The van der Waals surface area contributed by atoms with E-state index in [-0.39, 0.29) is 6.10 Å². The lowest BCUT2D eigenvalue weighted by Crippen LogP contribution is -1.76. The molecular weight excluding hydrogens is 78.0 g/mol. The largest absolute Gasteiger partial charge is 0.372 e. The zero-order chi connectivity index (χ0) is 4.41. The molecule has 6 heavy (non-hydrogen) atoms. The van der Waals surface area contributed by atoms with Crippen LogP contribution in [0.1, 0.15) is 6.42 Å². The quantitative estimate of drug-likeness (QED) is 0.427. The van der Waals surface area contributed by atoms with Gasteiger partial charge in [0.1, 0.15) is 0 Å². The number of hydrogen-bond donors (Lipinski definition) is 0. The van der Waals surface area contributed by atoms with Crippen molar-refractivity contribution in [3.05, 3.63) is 0 Å². The zero-order valence-electron chi connectivity index (χ0n) is 3.35. The normalized spacial score (nSPS) is 28.8. The maximum Gasteiger partial charge on any atom is 0.0939 e. The van der Waals surface area contributed by atoms with Crippen molar-refractivity contribution in [1.82, 2.24) is 0 Å². The highest BCUT2D eigenvalue weighted by Crippen LogP contribution is 2.10. The number of nitrogens with zero attached hydrogens (tertiary/aromatic N) is 1. The van der Waals surface area contributed by atoms with Gasteiger partial charge in [-0.1, -0.05) is 0 Å². The van der Waals surface area contributed by atoms with Gasteiger partial charge in [0, 0.05) is 0 Å². The molecule has 1 heterocycles. The number of nitriles is 1. The Kier molecular flexibility index (Phi) is 0.771. The molecule has 0 bridgehead atoms. The van der Waals surface area contributed by atoms with Crippen LogP contribution in [0.5, 0.6) is 0 Å². The Balaban J connectivity index is 2.05. The summed E-state index contributed by atoms with van der Waals surface area (Å²) in [5.41, 5.74) is 0. The maximum absolute atomic E-state index is 7.95. The van der Waals surface area contributed by atoms with Crippen LogP contribution in [0.3, 0.4) is 0 Å². The standard InChI is InChI=1S/C4H5NO/c5-2-1-4-3-6-4/h4H,1,3H2/t4-/m1/s1. The summed E-state index contributed by atoms with van der Waals surface area (Å²) in [5, 5.41) is 7.95. The minimum absolute atomic E-state index is 0.287. The third kappa shape index (κ3) is 0.697. The third-order valence-electron chi connectivity index (χ3n) is 0.721. The highest BCUT2D eigenvalue weighted by atomic mass is 16.6. The van der Waals surface area contributed by atoms with Crippen molar-refractivity contribution >= 4 is 0 Å². The fourth-order valence-corrected chi connectivity index (χ4v) is 0.288. The summed E-state index contributed by atoms with van der Waals surface area (Å²) in [6.07, 6.45) is 0.856. The third-order valence-corrected chi connectivity index (χ3v) is 0.721. The van der Waals surface area contributed by atoms with E-state index in [2.05, 4.69) is 0 Å². The molecule has 0 unspecified atom stereocenters. The monoisotopic (exact) mass is 83.0 g/mol. The van der Waals surface area contributed by atoms with Crippen molar-refractivity contribution in [2.75, 3.05) is 6.61 Å². The molecule has 0 aromatic heterocycles. The van der Waals surface area contributed by atoms with Crippen molar-refractivity contribution in [3.63, 3.8) is 0 Å². The van der Waals surface area contributed by atoms with Crippen molar-refractivity contribution in [1.29, 1.82) is 5.26 Å². The van der Waals surface area contributed by atoms with Gasteiger partial charge in [-0.15, -0.1) is 0 Å². The van der Waals surface area contributed by atoms with E-state index in [0.717, 1.165) is 6.61 Å². The van der Waals surface area contributed by atoms with Gasteiger partial charge in [0.15, 0.2) is 0 Å². The summed E-state index contributed by atoms with van der Waals surface area (Å²) < 4.78 is 4.73. The van der Waals surface area contributed by atoms with Crippen LogP contribution in [0.15, 0.2) is 0 Å². The summed E-state index contributed by atoms with van der Waals surface area (Å²) in [4.78, 5) is 0. The molecule has 0 aromatic rings.